The van der Waals surface area contributed by atoms with Gasteiger partial charge in [0.05, 0.1) is 37.0 Å². The van der Waals surface area contributed by atoms with E-state index in [0.29, 0.717) is 67.6 Å². The minimum Gasteiger partial charge on any atom is -0.493 e. The van der Waals surface area contributed by atoms with Gasteiger partial charge in [0.2, 0.25) is 5.91 Å². The van der Waals surface area contributed by atoms with Crippen molar-refractivity contribution in [2.45, 2.75) is 58.3 Å². The molecule has 10 nitrogen and oxygen atoms in total. The highest BCUT2D eigenvalue weighted by Crippen LogP contribution is 2.42. The second kappa shape index (κ2) is 14.7. The third-order valence-electron chi connectivity index (χ3n) is 8.54. The summed E-state index contributed by atoms with van der Waals surface area (Å²) in [5.41, 5.74) is 1.80. The van der Waals surface area contributed by atoms with Crippen molar-refractivity contribution in [1.82, 2.24) is 20.2 Å². The van der Waals surface area contributed by atoms with Crippen LogP contribution in [0.15, 0.2) is 83.9 Å². The number of hydrogen-bond acceptors (Lipinski definition) is 7. The Hall–Kier alpha value is -4.86. The summed E-state index contributed by atoms with van der Waals surface area (Å²) in [5, 5.41) is 6.13. The summed E-state index contributed by atoms with van der Waals surface area (Å²) in [7, 11) is 1.57. The van der Waals surface area contributed by atoms with Crippen molar-refractivity contribution in [3.63, 3.8) is 0 Å². The van der Waals surface area contributed by atoms with Crippen molar-refractivity contribution in [3.8, 4) is 11.5 Å². The Morgan fingerprint density at radius 1 is 0.933 bits per heavy atom. The van der Waals surface area contributed by atoms with Gasteiger partial charge in [0, 0.05) is 24.6 Å². The minimum atomic E-state index is -0.522. The van der Waals surface area contributed by atoms with E-state index in [1.54, 1.807) is 30.1 Å². The van der Waals surface area contributed by atoms with Crippen molar-refractivity contribution < 1.29 is 23.8 Å². The van der Waals surface area contributed by atoms with Crippen LogP contribution in [0.3, 0.4) is 0 Å². The van der Waals surface area contributed by atoms with Crippen LogP contribution in [0.4, 0.5) is 4.79 Å². The largest absolute Gasteiger partial charge is 0.493 e. The van der Waals surface area contributed by atoms with Crippen LogP contribution in [0, 0.1) is 5.41 Å². The molecule has 1 aliphatic rings. The Labute approximate surface area is 262 Å². The zero-order chi connectivity index (χ0) is 31.6. The first-order valence-corrected chi connectivity index (χ1v) is 15.4. The number of benzene rings is 3. The molecule has 0 spiro atoms. The first-order chi connectivity index (χ1) is 21.9. The Morgan fingerprint density at radius 2 is 1.60 bits per heavy atom. The molecule has 5 rings (SSSR count). The van der Waals surface area contributed by atoms with Gasteiger partial charge in [-0.2, -0.15) is 0 Å². The number of hydrogen-bond donors (Lipinski definition) is 2. The van der Waals surface area contributed by atoms with E-state index in [1.165, 1.54) is 0 Å². The first-order valence-electron chi connectivity index (χ1n) is 15.4. The Bertz CT molecular complexity index is 1650. The van der Waals surface area contributed by atoms with Crippen LogP contribution < -0.4 is 25.7 Å². The van der Waals surface area contributed by atoms with E-state index in [9.17, 15) is 14.4 Å². The molecule has 2 N–H and O–H groups in total. The highest BCUT2D eigenvalue weighted by molar-refractivity contribution is 5.83. The number of fused-ring (bicyclic) bond motifs is 1. The molecule has 0 saturated heterocycles. The molecule has 1 aromatic heterocycles. The fourth-order valence-corrected chi connectivity index (χ4v) is 5.80. The van der Waals surface area contributed by atoms with Gasteiger partial charge < -0.3 is 24.8 Å². The summed E-state index contributed by atoms with van der Waals surface area (Å²) in [6.07, 6.45) is 4.28. The minimum absolute atomic E-state index is 0.0174. The second-order valence-electron chi connectivity index (χ2n) is 11.4. The van der Waals surface area contributed by atoms with Crippen molar-refractivity contribution >= 4 is 22.9 Å². The van der Waals surface area contributed by atoms with E-state index in [1.807, 2.05) is 67.6 Å². The maximum atomic E-state index is 13.4. The number of rotatable bonds is 12. The van der Waals surface area contributed by atoms with E-state index < -0.39 is 11.5 Å². The van der Waals surface area contributed by atoms with Gasteiger partial charge in [-0.1, -0.05) is 67.6 Å². The molecule has 1 fully saturated rings. The van der Waals surface area contributed by atoms with Crippen LogP contribution in [-0.2, 0) is 22.7 Å². The third kappa shape index (κ3) is 7.81. The second-order valence-corrected chi connectivity index (χ2v) is 11.4. The highest BCUT2D eigenvalue weighted by atomic mass is 16.5. The summed E-state index contributed by atoms with van der Waals surface area (Å²) in [6, 6.07) is 22.7. The number of carbonyl (C=O) groups is 2. The predicted molar refractivity (Wildman–Crippen MR) is 171 cm³/mol. The third-order valence-corrected chi connectivity index (χ3v) is 8.54. The van der Waals surface area contributed by atoms with E-state index in [0.717, 1.165) is 11.1 Å². The van der Waals surface area contributed by atoms with E-state index in [-0.39, 0.29) is 30.7 Å². The molecule has 0 atom stereocenters. The number of methoxy groups -OCH3 is 1. The fraction of sp³-hybridized carbons (Fsp3) is 0.371. The molecule has 1 heterocycles. The van der Waals surface area contributed by atoms with Crippen LogP contribution in [0.2, 0.25) is 0 Å². The highest BCUT2D eigenvalue weighted by Gasteiger charge is 2.40. The van der Waals surface area contributed by atoms with Crippen LogP contribution in [0.1, 0.15) is 50.2 Å². The van der Waals surface area contributed by atoms with Gasteiger partial charge in [-0.05, 0) is 49.3 Å². The van der Waals surface area contributed by atoms with Gasteiger partial charge in [0.1, 0.15) is 6.61 Å². The van der Waals surface area contributed by atoms with Gasteiger partial charge in [-0.3, -0.25) is 14.2 Å². The molecular formula is C35H40N4O6. The van der Waals surface area contributed by atoms with Crippen LogP contribution >= 0.6 is 0 Å². The number of ether oxygens (including phenoxy) is 3. The van der Waals surface area contributed by atoms with E-state index in [2.05, 4.69) is 15.6 Å². The zero-order valence-electron chi connectivity index (χ0n) is 25.8. The van der Waals surface area contributed by atoms with Crippen LogP contribution in [-0.4, -0.2) is 47.9 Å². The normalized spacial score (nSPS) is 17.8. The molecule has 1 saturated carbocycles. The number of nitrogens with one attached hydrogen (secondary N) is 2. The average Bonchev–Trinajstić information content (AvgIpc) is 3.08. The number of carbonyl (C=O) groups excluding carboxylic acids is 2. The molecule has 1 aliphatic carbocycles. The molecule has 0 aliphatic heterocycles. The number of amides is 2. The molecule has 4 aromatic rings. The van der Waals surface area contributed by atoms with Gasteiger partial charge >= 0.3 is 6.09 Å². The molecule has 2 amide bonds. The van der Waals surface area contributed by atoms with Crippen molar-refractivity contribution in [3.05, 3.63) is 101 Å². The SMILES string of the molecule is CCC1(C(=O)NCCNC(=O)OCc2ccccc2)CCC(Oc2cc3c(=O)n(Cc4ccccc4)cnc3cc2OC)CC1. The maximum Gasteiger partial charge on any atom is 0.407 e. The fourth-order valence-electron chi connectivity index (χ4n) is 5.80. The first kappa shape index (κ1) is 31.6. The van der Waals surface area contributed by atoms with Crippen molar-refractivity contribution in [2.24, 2.45) is 5.41 Å². The lowest BCUT2D eigenvalue weighted by Gasteiger charge is -2.38. The zero-order valence-corrected chi connectivity index (χ0v) is 25.8. The summed E-state index contributed by atoms with van der Waals surface area (Å²) in [4.78, 5) is 43.1. The van der Waals surface area contributed by atoms with Crippen molar-refractivity contribution in [2.75, 3.05) is 20.2 Å². The summed E-state index contributed by atoms with van der Waals surface area (Å²) in [5.74, 6) is 0.983. The molecule has 236 valence electrons. The Balaban J connectivity index is 1.15. The maximum absolute atomic E-state index is 13.4. The summed E-state index contributed by atoms with van der Waals surface area (Å²) in [6.45, 7) is 3.22. The number of aromatic nitrogens is 2. The lowest BCUT2D eigenvalue weighted by Crippen LogP contribution is -2.46. The lowest BCUT2D eigenvalue weighted by atomic mass is 9.70. The molecule has 0 unspecified atom stereocenters. The van der Waals surface area contributed by atoms with E-state index >= 15 is 0 Å². The molecule has 10 heteroatoms. The Kier molecular flexibility index (Phi) is 10.3. The van der Waals surface area contributed by atoms with E-state index in [4.69, 9.17) is 14.2 Å². The average molecular weight is 613 g/mol. The molecule has 45 heavy (non-hydrogen) atoms. The molecule has 0 radical (unpaired) electrons. The van der Waals surface area contributed by atoms with Crippen molar-refractivity contribution in [1.29, 1.82) is 0 Å². The lowest BCUT2D eigenvalue weighted by molar-refractivity contribution is -0.134. The molecule has 3 aromatic carbocycles. The van der Waals surface area contributed by atoms with Gasteiger partial charge in [-0.15, -0.1) is 0 Å². The smallest absolute Gasteiger partial charge is 0.407 e. The summed E-state index contributed by atoms with van der Waals surface area (Å²) < 4.78 is 18.8. The monoisotopic (exact) mass is 612 g/mol. The molecular weight excluding hydrogens is 572 g/mol. The standard InChI is InChI=1S/C35H40N4O6/c1-3-35(33(41)36-18-19-37-34(42)44-23-26-12-8-5-9-13-26)16-14-27(15-17-35)45-31-20-28-29(21-30(31)43-2)38-24-39(32(28)40)22-25-10-6-4-7-11-25/h4-13,20-21,24,27H,3,14-19,22-23H2,1-2H3,(H,36,41)(H,37,42). The quantitative estimate of drug-likeness (QED) is 0.211. The van der Waals surface area contributed by atoms with Crippen LogP contribution in [0.25, 0.3) is 10.9 Å². The van der Waals surface area contributed by atoms with Gasteiger partial charge in [0.25, 0.3) is 5.56 Å². The predicted octanol–water partition coefficient (Wildman–Crippen LogP) is 5.21. The number of nitrogens with zero attached hydrogens (tertiary/aromatic N) is 2. The van der Waals surface area contributed by atoms with Gasteiger partial charge in [0.15, 0.2) is 11.5 Å². The topological polar surface area (TPSA) is 121 Å². The molecule has 0 bridgehead atoms. The van der Waals surface area contributed by atoms with Gasteiger partial charge in [-0.25, -0.2) is 9.78 Å². The summed E-state index contributed by atoms with van der Waals surface area (Å²) >= 11 is 0. The number of alkyl carbamates (subject to hydrolysis) is 1. The van der Waals surface area contributed by atoms with Crippen LogP contribution in [0.5, 0.6) is 11.5 Å². The Morgan fingerprint density at radius 3 is 2.27 bits per heavy atom.